The molecule has 0 bridgehead atoms. The van der Waals surface area contributed by atoms with Gasteiger partial charge in [0.2, 0.25) is 5.69 Å². The molecule has 0 saturated carbocycles. The Morgan fingerprint density at radius 2 is 2.28 bits per heavy atom. The van der Waals surface area contributed by atoms with Crippen LogP contribution < -0.4 is 5.56 Å². The lowest BCUT2D eigenvalue weighted by Crippen LogP contribution is -2.09. The molecule has 0 aliphatic heterocycles. The lowest BCUT2D eigenvalue weighted by molar-refractivity contribution is -0.385. The summed E-state index contributed by atoms with van der Waals surface area (Å²) in [5.41, 5.74) is -1.89. The van der Waals surface area contributed by atoms with Crippen LogP contribution in [0.2, 0.25) is 0 Å². The van der Waals surface area contributed by atoms with Crippen molar-refractivity contribution in [3.63, 3.8) is 0 Å². The van der Waals surface area contributed by atoms with Crippen molar-refractivity contribution in [2.75, 3.05) is 0 Å². The number of rotatable bonds is 3. The van der Waals surface area contributed by atoms with E-state index in [9.17, 15) is 19.7 Å². The van der Waals surface area contributed by atoms with E-state index in [2.05, 4.69) is 15.1 Å². The van der Waals surface area contributed by atoms with E-state index >= 15 is 0 Å². The van der Waals surface area contributed by atoms with Gasteiger partial charge in [0.25, 0.3) is 5.56 Å². The SMILES string of the molecule is O=C(O)c1nn(-c2cc(=O)[nH]cn2)cc1[N+](=O)[O-]. The third-order valence-electron chi connectivity index (χ3n) is 1.99. The molecule has 0 saturated heterocycles. The van der Waals surface area contributed by atoms with Crippen molar-refractivity contribution in [1.29, 1.82) is 0 Å². The van der Waals surface area contributed by atoms with Gasteiger partial charge in [-0.2, -0.15) is 5.10 Å². The monoisotopic (exact) mass is 251 g/mol. The number of aromatic amines is 1. The van der Waals surface area contributed by atoms with Crippen LogP contribution in [-0.4, -0.2) is 35.7 Å². The van der Waals surface area contributed by atoms with E-state index in [4.69, 9.17) is 5.11 Å². The largest absolute Gasteiger partial charge is 0.476 e. The van der Waals surface area contributed by atoms with E-state index in [1.807, 2.05) is 0 Å². The van der Waals surface area contributed by atoms with E-state index in [-0.39, 0.29) is 5.82 Å². The third kappa shape index (κ3) is 1.93. The number of aromatic nitrogens is 4. The second-order valence-electron chi connectivity index (χ2n) is 3.14. The number of hydrogen-bond acceptors (Lipinski definition) is 6. The fourth-order valence-corrected chi connectivity index (χ4v) is 1.25. The summed E-state index contributed by atoms with van der Waals surface area (Å²) >= 11 is 0. The van der Waals surface area contributed by atoms with E-state index in [0.29, 0.717) is 0 Å². The molecule has 2 heterocycles. The number of aromatic carboxylic acids is 1. The molecule has 0 unspecified atom stereocenters. The van der Waals surface area contributed by atoms with Crippen LogP contribution in [0.3, 0.4) is 0 Å². The average Bonchev–Trinajstić information content (AvgIpc) is 2.73. The highest BCUT2D eigenvalue weighted by molar-refractivity contribution is 5.89. The summed E-state index contributed by atoms with van der Waals surface area (Å²) in [6.45, 7) is 0. The Morgan fingerprint density at radius 3 is 2.78 bits per heavy atom. The van der Waals surface area contributed by atoms with E-state index in [1.54, 1.807) is 0 Å². The molecule has 10 nitrogen and oxygen atoms in total. The lowest BCUT2D eigenvalue weighted by atomic mass is 10.4. The summed E-state index contributed by atoms with van der Waals surface area (Å²) in [5, 5.41) is 22.9. The van der Waals surface area contributed by atoms with Gasteiger partial charge in [-0.15, -0.1) is 0 Å². The second-order valence-corrected chi connectivity index (χ2v) is 3.14. The Bertz CT molecular complexity index is 656. The van der Waals surface area contributed by atoms with Crippen LogP contribution >= 0.6 is 0 Å². The fourth-order valence-electron chi connectivity index (χ4n) is 1.25. The normalized spacial score (nSPS) is 10.2. The first-order valence-corrected chi connectivity index (χ1v) is 4.51. The maximum atomic E-state index is 11.0. The zero-order valence-electron chi connectivity index (χ0n) is 8.60. The van der Waals surface area contributed by atoms with Crippen LogP contribution in [-0.2, 0) is 0 Å². The summed E-state index contributed by atoms with van der Waals surface area (Å²) in [6.07, 6.45) is 1.96. The van der Waals surface area contributed by atoms with Crippen LogP contribution in [0.4, 0.5) is 5.69 Å². The number of nitrogens with one attached hydrogen (secondary N) is 1. The predicted octanol–water partition coefficient (Wildman–Crippen LogP) is -0.438. The number of nitrogens with zero attached hydrogens (tertiary/aromatic N) is 4. The highest BCUT2D eigenvalue weighted by Gasteiger charge is 2.25. The number of carbonyl (C=O) groups is 1. The first kappa shape index (κ1) is 11.4. The van der Waals surface area contributed by atoms with Crippen LogP contribution in [0.25, 0.3) is 5.82 Å². The average molecular weight is 251 g/mol. The predicted molar refractivity (Wildman–Crippen MR) is 55.6 cm³/mol. The number of H-pyrrole nitrogens is 1. The molecule has 2 N–H and O–H groups in total. The lowest BCUT2D eigenvalue weighted by Gasteiger charge is -1.96. The summed E-state index contributed by atoms with van der Waals surface area (Å²) in [7, 11) is 0. The van der Waals surface area contributed by atoms with Crippen LogP contribution in [0.1, 0.15) is 10.5 Å². The molecule has 2 aromatic rings. The third-order valence-corrected chi connectivity index (χ3v) is 1.99. The second kappa shape index (κ2) is 4.08. The van der Waals surface area contributed by atoms with Crippen molar-refractivity contribution in [3.8, 4) is 5.82 Å². The molecule has 0 aliphatic carbocycles. The minimum Gasteiger partial charge on any atom is -0.476 e. The van der Waals surface area contributed by atoms with Gasteiger partial charge in [0.05, 0.1) is 11.3 Å². The number of nitro groups is 1. The summed E-state index contributed by atoms with van der Waals surface area (Å²) in [6, 6.07) is 1.03. The first-order chi connectivity index (χ1) is 8.49. The number of hydrogen-bond donors (Lipinski definition) is 2. The molecule has 10 heteroatoms. The Kier molecular flexibility index (Phi) is 2.60. The van der Waals surface area contributed by atoms with Gasteiger partial charge in [-0.3, -0.25) is 14.9 Å². The van der Waals surface area contributed by atoms with E-state index in [1.165, 1.54) is 0 Å². The maximum absolute atomic E-state index is 11.0. The Labute approximate surface area is 97.7 Å². The quantitative estimate of drug-likeness (QED) is 0.555. The van der Waals surface area contributed by atoms with Gasteiger partial charge < -0.3 is 10.1 Å². The summed E-state index contributed by atoms with van der Waals surface area (Å²) < 4.78 is 0.858. The van der Waals surface area contributed by atoms with Crippen LogP contribution in [0.5, 0.6) is 0 Å². The molecule has 2 rings (SSSR count). The molecule has 2 aromatic heterocycles. The van der Waals surface area contributed by atoms with E-state index in [0.717, 1.165) is 23.3 Å². The summed E-state index contributed by atoms with van der Waals surface area (Å²) in [5.74, 6) is -1.56. The van der Waals surface area contributed by atoms with Gasteiger partial charge in [-0.25, -0.2) is 14.5 Å². The van der Waals surface area contributed by atoms with E-state index < -0.39 is 27.8 Å². The van der Waals surface area contributed by atoms with Gasteiger partial charge in [0.1, 0.15) is 6.20 Å². The zero-order chi connectivity index (χ0) is 13.3. The van der Waals surface area contributed by atoms with Crippen molar-refractivity contribution in [2.24, 2.45) is 0 Å². The molecule has 0 atom stereocenters. The zero-order valence-corrected chi connectivity index (χ0v) is 8.60. The number of carboxylic acids is 1. The summed E-state index contributed by atoms with van der Waals surface area (Å²) in [4.78, 5) is 37.5. The molecule has 0 radical (unpaired) electrons. The highest BCUT2D eigenvalue weighted by atomic mass is 16.6. The molecular formula is C8H5N5O5. The molecule has 0 spiro atoms. The Balaban J connectivity index is 2.60. The molecule has 18 heavy (non-hydrogen) atoms. The smallest absolute Gasteiger partial charge is 0.363 e. The number of carboxylic acid groups (broad SMARTS) is 1. The van der Waals surface area contributed by atoms with Gasteiger partial charge in [0, 0.05) is 6.07 Å². The minimum absolute atomic E-state index is 0.0191. The molecule has 0 aliphatic rings. The van der Waals surface area contributed by atoms with Gasteiger partial charge >= 0.3 is 11.7 Å². The van der Waals surface area contributed by atoms with Crippen LogP contribution in [0.15, 0.2) is 23.4 Å². The van der Waals surface area contributed by atoms with Gasteiger partial charge in [0.15, 0.2) is 5.82 Å². The van der Waals surface area contributed by atoms with Crippen molar-refractivity contribution < 1.29 is 14.8 Å². The standard InChI is InChI=1S/C8H5N5O5/c14-6-1-5(9-3-10-6)12-2-4(13(17)18)7(11-12)8(15)16/h1-3H,(H,15,16)(H,9,10,14). The molecule has 0 amide bonds. The molecule has 0 aromatic carbocycles. The van der Waals surface area contributed by atoms with Crippen molar-refractivity contribution in [2.45, 2.75) is 0 Å². The van der Waals surface area contributed by atoms with Crippen LogP contribution in [0, 0.1) is 10.1 Å². The van der Waals surface area contributed by atoms with Gasteiger partial charge in [-0.05, 0) is 0 Å². The molecular weight excluding hydrogens is 246 g/mol. The minimum atomic E-state index is -1.54. The maximum Gasteiger partial charge on any atom is 0.363 e. The molecule has 0 fully saturated rings. The Hall–Kier alpha value is -3.04. The van der Waals surface area contributed by atoms with Crippen molar-refractivity contribution in [3.05, 3.63) is 44.8 Å². The van der Waals surface area contributed by atoms with Crippen molar-refractivity contribution in [1.82, 2.24) is 19.7 Å². The fraction of sp³-hybridized carbons (Fsp3) is 0. The van der Waals surface area contributed by atoms with Gasteiger partial charge in [-0.1, -0.05) is 0 Å². The first-order valence-electron chi connectivity index (χ1n) is 4.51. The van der Waals surface area contributed by atoms with Crippen molar-refractivity contribution >= 4 is 11.7 Å². The molecule has 92 valence electrons. The Morgan fingerprint density at radius 1 is 1.56 bits per heavy atom. The highest BCUT2D eigenvalue weighted by Crippen LogP contribution is 2.18. The topological polar surface area (TPSA) is 144 Å².